The van der Waals surface area contributed by atoms with E-state index in [1.54, 1.807) is 13.8 Å². The second-order valence-electron chi connectivity index (χ2n) is 11.9. The molecule has 0 aromatic heterocycles. The van der Waals surface area contributed by atoms with Crippen molar-refractivity contribution < 1.29 is 43.8 Å². The normalized spacial score (nSPS) is 45.5. The minimum absolute atomic E-state index is 0.0971. The highest BCUT2D eigenvalue weighted by Gasteiger charge is 2.52. The summed E-state index contributed by atoms with van der Waals surface area (Å²) in [6, 6.07) is -1.95. The van der Waals surface area contributed by atoms with Gasteiger partial charge in [0.1, 0.15) is 42.5 Å². The van der Waals surface area contributed by atoms with Gasteiger partial charge in [-0.1, -0.05) is 6.92 Å². The van der Waals surface area contributed by atoms with Gasteiger partial charge in [-0.3, -0.25) is 5.41 Å². The summed E-state index contributed by atoms with van der Waals surface area (Å²) in [4.78, 5) is 0. The van der Waals surface area contributed by atoms with Gasteiger partial charge in [0.15, 0.2) is 12.6 Å². The second-order valence-corrected chi connectivity index (χ2v) is 11.9. The first kappa shape index (κ1) is 31.8. The van der Waals surface area contributed by atoms with E-state index < -0.39 is 78.9 Å². The number of aliphatic hydroxyl groups is 4. The van der Waals surface area contributed by atoms with Crippen molar-refractivity contribution in [2.75, 3.05) is 39.5 Å². The molecule has 0 radical (unpaired) electrons. The summed E-state index contributed by atoms with van der Waals surface area (Å²) >= 11 is 0. The average molecular weight is 579 g/mol. The van der Waals surface area contributed by atoms with Crippen molar-refractivity contribution in [2.45, 2.75) is 106 Å². The Hall–Kier alpha value is -1.08. The summed E-state index contributed by atoms with van der Waals surface area (Å²) in [7, 11) is 0. The van der Waals surface area contributed by atoms with E-state index in [9.17, 15) is 24.8 Å². The maximum Gasteiger partial charge on any atom is 0.184 e. The van der Waals surface area contributed by atoms with Crippen LogP contribution in [0.2, 0.25) is 0 Å². The van der Waals surface area contributed by atoms with E-state index in [0.29, 0.717) is 19.4 Å². The van der Waals surface area contributed by atoms with Crippen molar-refractivity contribution in [2.24, 2.45) is 17.4 Å². The van der Waals surface area contributed by atoms with Gasteiger partial charge in [-0.25, -0.2) is 4.39 Å². The molecular formula is C25H47FN6O8. The molecule has 3 saturated heterocycles. The van der Waals surface area contributed by atoms with E-state index in [2.05, 4.69) is 16.0 Å². The molecule has 15 heteroatoms. The highest BCUT2D eigenvalue weighted by atomic mass is 19.1. The summed E-state index contributed by atoms with van der Waals surface area (Å²) in [6.45, 7) is 3.68. The first-order chi connectivity index (χ1) is 18.9. The predicted molar refractivity (Wildman–Crippen MR) is 141 cm³/mol. The Kier molecular flexibility index (Phi) is 10.4. The maximum absolute atomic E-state index is 12.5. The molecule has 14 nitrogen and oxygen atoms in total. The lowest BCUT2D eigenvalue weighted by Gasteiger charge is -2.49. The molecular weight excluding hydrogens is 531 g/mol. The molecule has 4 fully saturated rings. The lowest BCUT2D eigenvalue weighted by molar-refractivity contribution is -0.313. The zero-order valence-electron chi connectivity index (χ0n) is 23.2. The van der Waals surface area contributed by atoms with Crippen LogP contribution in [0.25, 0.3) is 0 Å². The monoisotopic (exact) mass is 578 g/mol. The van der Waals surface area contributed by atoms with Gasteiger partial charge in [0, 0.05) is 38.1 Å². The third kappa shape index (κ3) is 6.93. The number of alkyl halides is 1. The van der Waals surface area contributed by atoms with E-state index in [0.717, 1.165) is 0 Å². The van der Waals surface area contributed by atoms with Gasteiger partial charge >= 0.3 is 0 Å². The Bertz CT molecular complexity index is 856. The fourth-order valence-corrected chi connectivity index (χ4v) is 5.60. The smallest absolute Gasteiger partial charge is 0.184 e. The summed E-state index contributed by atoms with van der Waals surface area (Å²) in [5.74, 6) is -0.740. The first-order valence-electron chi connectivity index (χ1n) is 14.1. The molecule has 3 heterocycles. The Labute approximate surface area is 233 Å². The maximum atomic E-state index is 12.5. The lowest BCUT2D eigenvalue weighted by atomic mass is 9.82. The first-order valence-corrected chi connectivity index (χ1v) is 14.1. The summed E-state index contributed by atoms with van der Waals surface area (Å²) in [5, 5.41) is 60.8. The molecule has 6 unspecified atom stereocenters. The van der Waals surface area contributed by atoms with Crippen molar-refractivity contribution in [1.82, 2.24) is 16.0 Å². The average Bonchev–Trinajstić information content (AvgIpc) is 2.89. The molecule has 0 bridgehead atoms. The summed E-state index contributed by atoms with van der Waals surface area (Å²) in [5.41, 5.74) is 10.1. The minimum Gasteiger partial charge on any atom is -0.388 e. The molecule has 12 atom stereocenters. The third-order valence-electron chi connectivity index (χ3n) is 8.68. The van der Waals surface area contributed by atoms with Crippen molar-refractivity contribution in [3.63, 3.8) is 0 Å². The zero-order valence-corrected chi connectivity index (χ0v) is 23.2. The number of halogens is 1. The van der Waals surface area contributed by atoms with Crippen LogP contribution in [0.5, 0.6) is 0 Å². The fourth-order valence-electron chi connectivity index (χ4n) is 5.60. The standard InChI is InChI=1S/C25H47FN6O8/c1-12-17(33)22(37-11-24(12,2)35)40-20-16(32-23(29)25(36)9-31-10-25)7-15(28)19(18(20)34)39-21-14(27)4-3-13(38-21)8-30-6-5-26/h12-22,30-31,33-36H,3-11,27-28H2,1-2H3,(H2,29,32)/t12-,13+,14?,15+,16-,17?,18?,19?,20?,21-,22-,24?/m1/s1. The van der Waals surface area contributed by atoms with Crippen LogP contribution in [0.15, 0.2) is 0 Å². The number of amidine groups is 1. The van der Waals surface area contributed by atoms with Crippen molar-refractivity contribution in [3.8, 4) is 0 Å². The molecule has 4 aliphatic rings. The van der Waals surface area contributed by atoms with E-state index in [-0.39, 0.29) is 44.6 Å². The molecule has 0 amide bonds. The van der Waals surface area contributed by atoms with Gasteiger partial charge in [-0.05, 0) is 26.2 Å². The number of aliphatic hydroxyl groups excluding tert-OH is 2. The van der Waals surface area contributed by atoms with Gasteiger partial charge in [-0.2, -0.15) is 0 Å². The van der Waals surface area contributed by atoms with Gasteiger partial charge in [-0.15, -0.1) is 0 Å². The van der Waals surface area contributed by atoms with Crippen LogP contribution in [0.4, 0.5) is 4.39 Å². The highest BCUT2D eigenvalue weighted by molar-refractivity contribution is 5.89. The van der Waals surface area contributed by atoms with E-state index >= 15 is 0 Å². The SMILES string of the molecule is C[C@@H]1C(O)[C@@H](OC2C(O)C(O[C@H]3O[C@H](CNCCF)CCC3N)[C@@H](N)C[C@H]2NC(=N)C2(O)CNC2)OCC1(C)O. The number of hydrogen-bond donors (Lipinski definition) is 10. The van der Waals surface area contributed by atoms with E-state index in [1.165, 1.54) is 0 Å². The Balaban J connectivity index is 1.49. The largest absolute Gasteiger partial charge is 0.388 e. The number of nitrogens with one attached hydrogen (secondary N) is 4. The van der Waals surface area contributed by atoms with Gasteiger partial charge < -0.3 is 66.8 Å². The third-order valence-corrected chi connectivity index (χ3v) is 8.68. The fraction of sp³-hybridized carbons (Fsp3) is 0.960. The van der Waals surface area contributed by atoms with Gasteiger partial charge in [0.05, 0.1) is 30.4 Å². The second kappa shape index (κ2) is 13.1. The quantitative estimate of drug-likeness (QED) is 0.0694. The topological polar surface area (TPSA) is 230 Å². The lowest BCUT2D eigenvalue weighted by Crippen LogP contribution is -2.72. The molecule has 232 valence electrons. The summed E-state index contributed by atoms with van der Waals surface area (Å²) in [6.07, 6.45) is -5.53. The van der Waals surface area contributed by atoms with Crippen LogP contribution in [-0.4, -0.2) is 138 Å². The van der Waals surface area contributed by atoms with Crippen LogP contribution in [-0.2, 0) is 18.9 Å². The van der Waals surface area contributed by atoms with Crippen LogP contribution < -0.4 is 27.4 Å². The van der Waals surface area contributed by atoms with Crippen molar-refractivity contribution >= 4 is 5.84 Å². The number of rotatable bonds is 10. The Morgan fingerprint density at radius 1 is 1.10 bits per heavy atom. The van der Waals surface area contributed by atoms with Crippen LogP contribution in [0.3, 0.4) is 0 Å². The molecule has 0 spiro atoms. The van der Waals surface area contributed by atoms with Crippen LogP contribution in [0.1, 0.15) is 33.1 Å². The van der Waals surface area contributed by atoms with Crippen molar-refractivity contribution in [3.05, 3.63) is 0 Å². The van der Waals surface area contributed by atoms with Crippen LogP contribution >= 0.6 is 0 Å². The molecule has 1 aliphatic carbocycles. The van der Waals surface area contributed by atoms with E-state index in [4.69, 9.17) is 35.8 Å². The molecule has 3 aliphatic heterocycles. The molecule has 1 saturated carbocycles. The molecule has 12 N–H and O–H groups in total. The van der Waals surface area contributed by atoms with Gasteiger partial charge in [0.25, 0.3) is 0 Å². The number of ether oxygens (including phenoxy) is 4. The number of hydrogen-bond acceptors (Lipinski definition) is 13. The highest BCUT2D eigenvalue weighted by Crippen LogP contribution is 2.34. The minimum atomic E-state index is -1.38. The molecule has 4 rings (SSSR count). The van der Waals surface area contributed by atoms with E-state index in [1.807, 2.05) is 0 Å². The molecule has 40 heavy (non-hydrogen) atoms. The zero-order chi connectivity index (χ0) is 29.2. The van der Waals surface area contributed by atoms with Crippen molar-refractivity contribution in [1.29, 1.82) is 5.41 Å². The summed E-state index contributed by atoms with van der Waals surface area (Å²) < 4.78 is 36.5. The molecule has 0 aromatic rings. The predicted octanol–water partition coefficient (Wildman–Crippen LogP) is -3.39. The van der Waals surface area contributed by atoms with Crippen LogP contribution in [0, 0.1) is 11.3 Å². The van der Waals surface area contributed by atoms with Gasteiger partial charge in [0.2, 0.25) is 0 Å². The molecule has 0 aromatic carbocycles. The number of β-amino-alcohol motifs (C(OH)–C–C–N with tert-alkyl or cyclic N) is 1. The Morgan fingerprint density at radius 3 is 2.45 bits per heavy atom. The Morgan fingerprint density at radius 2 is 1.80 bits per heavy atom. The number of nitrogens with two attached hydrogens (primary N) is 2.